The average molecular weight is 922 g/mol. The molecule has 13 heteroatoms. The van der Waals surface area contributed by atoms with Gasteiger partial charge in [-0.1, -0.05) is 105 Å². The molecule has 2 heterocycles. The number of halogens is 5. The lowest BCUT2D eigenvalue weighted by Crippen LogP contribution is -2.46. The van der Waals surface area contributed by atoms with Crippen LogP contribution in [0.5, 0.6) is 11.5 Å². The Morgan fingerprint density at radius 2 is 1.12 bits per heavy atom. The van der Waals surface area contributed by atoms with Crippen molar-refractivity contribution in [1.82, 2.24) is 9.80 Å². The van der Waals surface area contributed by atoms with Crippen LogP contribution in [0.25, 0.3) is 6.08 Å². The average Bonchev–Trinajstić information content (AvgIpc) is 3.07. The minimum atomic E-state index is -0.474. The third-order valence-corrected chi connectivity index (χ3v) is 9.26. The van der Waals surface area contributed by atoms with Gasteiger partial charge in [-0.15, -0.1) is 0 Å². The van der Waals surface area contributed by atoms with Gasteiger partial charge in [0.2, 0.25) is 0 Å². The summed E-state index contributed by atoms with van der Waals surface area (Å²) in [5.74, 6) is 1.23. The molecule has 304 valence electrons. The van der Waals surface area contributed by atoms with Crippen molar-refractivity contribution in [1.29, 1.82) is 0 Å². The highest BCUT2D eigenvalue weighted by Crippen LogP contribution is 2.30. The van der Waals surface area contributed by atoms with Crippen LogP contribution in [0.2, 0.25) is 20.1 Å². The van der Waals surface area contributed by atoms with Crippen LogP contribution in [-0.2, 0) is 22.7 Å². The molecule has 2 saturated heterocycles. The summed E-state index contributed by atoms with van der Waals surface area (Å²) < 4.78 is 23.0. The van der Waals surface area contributed by atoms with E-state index in [1.807, 2.05) is 84.0 Å². The zero-order chi connectivity index (χ0) is 41.9. The van der Waals surface area contributed by atoms with Crippen molar-refractivity contribution < 1.29 is 28.5 Å². The van der Waals surface area contributed by atoms with Gasteiger partial charge in [0.1, 0.15) is 35.9 Å². The van der Waals surface area contributed by atoms with E-state index < -0.39 is 11.2 Å². The highest BCUT2D eigenvalue weighted by Gasteiger charge is 2.30. The number of benzene rings is 4. The van der Waals surface area contributed by atoms with E-state index in [9.17, 15) is 9.59 Å². The quantitative estimate of drug-likeness (QED) is 0.172. The number of ether oxygens (including phenoxy) is 4. The van der Waals surface area contributed by atoms with E-state index in [1.54, 1.807) is 46.2 Å². The first-order chi connectivity index (χ1) is 26.7. The number of carbonyl (C=O) groups is 2. The van der Waals surface area contributed by atoms with Gasteiger partial charge in [-0.3, -0.25) is 0 Å². The topological polar surface area (TPSA) is 77.5 Å². The van der Waals surface area contributed by atoms with Crippen LogP contribution < -0.4 is 9.47 Å². The molecule has 2 aliphatic heterocycles. The van der Waals surface area contributed by atoms with E-state index in [4.69, 9.17) is 65.4 Å². The first-order valence-electron chi connectivity index (χ1n) is 18.0. The molecule has 0 spiro atoms. The van der Waals surface area contributed by atoms with Crippen molar-refractivity contribution in [2.75, 3.05) is 26.2 Å². The summed E-state index contributed by atoms with van der Waals surface area (Å²) >= 11 is 27.3. The van der Waals surface area contributed by atoms with Crippen LogP contribution in [0.3, 0.4) is 0 Å². The van der Waals surface area contributed by atoms with Crippen LogP contribution in [0, 0.1) is 0 Å². The van der Waals surface area contributed by atoms with Crippen molar-refractivity contribution in [3.05, 3.63) is 144 Å². The van der Waals surface area contributed by atoms with E-state index >= 15 is 0 Å². The number of likely N-dealkylation sites (tertiary alicyclic amines) is 2. The van der Waals surface area contributed by atoms with Gasteiger partial charge in [0.15, 0.2) is 0 Å². The molecule has 57 heavy (non-hydrogen) atoms. The van der Waals surface area contributed by atoms with E-state index in [1.165, 1.54) is 5.57 Å². The second-order valence-corrected chi connectivity index (χ2v) is 17.9. The Bertz CT molecular complexity index is 2060. The predicted molar refractivity (Wildman–Crippen MR) is 235 cm³/mol. The van der Waals surface area contributed by atoms with Gasteiger partial charge in [-0.05, 0) is 124 Å². The van der Waals surface area contributed by atoms with Crippen LogP contribution in [0.15, 0.2) is 107 Å². The number of nitrogens with zero attached hydrogens (tertiary/aromatic N) is 2. The molecule has 0 unspecified atom stereocenters. The summed E-state index contributed by atoms with van der Waals surface area (Å²) in [5.41, 5.74) is 4.58. The van der Waals surface area contributed by atoms with Gasteiger partial charge < -0.3 is 28.7 Å². The lowest BCUT2D eigenvalue weighted by Gasteiger charge is -2.35. The molecule has 4 aromatic rings. The van der Waals surface area contributed by atoms with Crippen LogP contribution >= 0.6 is 62.3 Å². The molecular formula is C44H47BrCl4N2O6. The highest BCUT2D eigenvalue weighted by molar-refractivity contribution is 9.10. The molecule has 0 radical (unpaired) electrons. The smallest absolute Gasteiger partial charge is 0.410 e. The lowest BCUT2D eigenvalue weighted by molar-refractivity contribution is 0.0206. The standard InChI is InChI=1S/C22H23Cl2NO3.C13H9BrCl2O.C9H15NO2/c1-22(2,3)28-21(26)25-12-17(13-25)10-15-5-4-6-16(9-15)14-27-20-8-7-18(23)11-19(20)24;14-10-3-1-2-9(6-10)8-17-13-5-4-11(15)7-12(13)16;1-7-5-10(6-7)8(11)12-9(2,3)4/h4-11H,12-14H2,1-3H3;1-7H,8H2;1,5-6H2,2-4H3. The maximum absolute atomic E-state index is 12.0. The van der Waals surface area contributed by atoms with E-state index in [2.05, 4.69) is 34.7 Å². The SMILES string of the molecule is C=C1CN(C(=O)OC(C)(C)C)C1.CC(C)(C)OC(=O)N1CC(=Cc2cccc(COc3ccc(Cl)cc3Cl)c2)C1.Clc1ccc(OCc2cccc(Br)c2)c(Cl)c1. The lowest BCUT2D eigenvalue weighted by atomic mass is 10.0. The van der Waals surface area contributed by atoms with E-state index in [0.29, 0.717) is 71.0 Å². The molecule has 4 aromatic carbocycles. The second-order valence-electron chi connectivity index (χ2n) is 15.3. The summed E-state index contributed by atoms with van der Waals surface area (Å²) in [6, 6.07) is 26.4. The molecule has 2 aliphatic rings. The number of hydrogen-bond acceptors (Lipinski definition) is 6. The fourth-order valence-corrected chi connectivity index (χ4v) is 6.45. The fourth-order valence-electron chi connectivity index (χ4n) is 5.08. The van der Waals surface area contributed by atoms with Gasteiger partial charge in [0, 0.05) is 40.7 Å². The minimum Gasteiger partial charge on any atom is -0.487 e. The molecule has 2 fully saturated rings. The summed E-state index contributed by atoms with van der Waals surface area (Å²) in [6.07, 6.45) is 1.58. The summed E-state index contributed by atoms with van der Waals surface area (Å²) in [7, 11) is 0. The monoisotopic (exact) mass is 918 g/mol. The zero-order valence-electron chi connectivity index (χ0n) is 32.8. The predicted octanol–water partition coefficient (Wildman–Crippen LogP) is 13.3. The third kappa shape index (κ3) is 16.1. The fraction of sp³-hybridized carbons (Fsp3) is 0.318. The van der Waals surface area contributed by atoms with Crippen LogP contribution in [0.4, 0.5) is 9.59 Å². The molecule has 2 amide bonds. The molecule has 6 rings (SSSR count). The largest absolute Gasteiger partial charge is 0.487 e. The Morgan fingerprint density at radius 1 is 0.667 bits per heavy atom. The Kier molecular flexibility index (Phi) is 16.7. The molecule has 8 nitrogen and oxygen atoms in total. The Labute approximate surface area is 364 Å². The molecule has 0 aliphatic carbocycles. The van der Waals surface area contributed by atoms with Gasteiger partial charge in [-0.25, -0.2) is 9.59 Å². The van der Waals surface area contributed by atoms with Gasteiger partial charge in [0.25, 0.3) is 0 Å². The molecular weight excluding hydrogens is 874 g/mol. The number of hydrogen-bond donors (Lipinski definition) is 0. The Balaban J connectivity index is 0.000000210. The van der Waals surface area contributed by atoms with Gasteiger partial charge >= 0.3 is 12.2 Å². The number of carbonyl (C=O) groups excluding carboxylic acids is 2. The highest BCUT2D eigenvalue weighted by atomic mass is 79.9. The van der Waals surface area contributed by atoms with E-state index in [-0.39, 0.29) is 12.2 Å². The maximum Gasteiger partial charge on any atom is 0.410 e. The van der Waals surface area contributed by atoms with Gasteiger partial charge in [0.05, 0.1) is 10.0 Å². The van der Waals surface area contributed by atoms with Crippen molar-refractivity contribution in [2.45, 2.75) is 66.0 Å². The van der Waals surface area contributed by atoms with Crippen molar-refractivity contribution >= 4 is 80.6 Å². The van der Waals surface area contributed by atoms with Crippen LogP contribution in [-0.4, -0.2) is 59.4 Å². The minimum absolute atomic E-state index is 0.241. The normalized spacial score (nSPS) is 13.5. The van der Waals surface area contributed by atoms with Crippen LogP contribution in [0.1, 0.15) is 58.2 Å². The van der Waals surface area contributed by atoms with Crippen molar-refractivity contribution in [3.8, 4) is 11.5 Å². The summed E-state index contributed by atoms with van der Waals surface area (Å²) in [5, 5.41) is 2.19. The third-order valence-electron chi connectivity index (χ3n) is 7.71. The Morgan fingerprint density at radius 3 is 1.56 bits per heavy atom. The number of rotatable bonds is 7. The van der Waals surface area contributed by atoms with Crippen molar-refractivity contribution in [2.24, 2.45) is 0 Å². The van der Waals surface area contributed by atoms with Gasteiger partial charge in [-0.2, -0.15) is 0 Å². The van der Waals surface area contributed by atoms with Crippen molar-refractivity contribution in [3.63, 3.8) is 0 Å². The molecule has 0 bridgehead atoms. The maximum atomic E-state index is 12.0. The summed E-state index contributed by atoms with van der Waals surface area (Å²) in [6.45, 7) is 18.3. The number of amides is 2. The second kappa shape index (κ2) is 20.7. The molecule has 0 atom stereocenters. The zero-order valence-corrected chi connectivity index (χ0v) is 37.5. The molecule has 0 saturated carbocycles. The van der Waals surface area contributed by atoms with E-state index in [0.717, 1.165) is 26.7 Å². The first kappa shape index (κ1) is 45.8. The molecule has 0 N–H and O–H groups in total. The first-order valence-corrected chi connectivity index (χ1v) is 20.3. The summed E-state index contributed by atoms with van der Waals surface area (Å²) in [4.78, 5) is 26.6. The molecule has 0 aromatic heterocycles. The Hall–Kier alpha value is -3.86.